The molecular weight excluding hydrogens is 350 g/mol. The molecular formula is C20H26ClN3S. The maximum atomic E-state index is 3.73. The summed E-state index contributed by atoms with van der Waals surface area (Å²) in [6, 6.07) is 12.9. The van der Waals surface area contributed by atoms with Crippen LogP contribution >= 0.6 is 11.8 Å². The van der Waals surface area contributed by atoms with E-state index in [1.54, 1.807) is 11.8 Å². The van der Waals surface area contributed by atoms with Gasteiger partial charge in [-0.1, -0.05) is 36.0 Å². The van der Waals surface area contributed by atoms with E-state index in [0.29, 0.717) is 0 Å². The Hall–Kier alpha value is -1.65. The van der Waals surface area contributed by atoms with Gasteiger partial charge in [0.1, 0.15) is 5.69 Å². The molecule has 0 atom stereocenters. The first kappa shape index (κ1) is 19.7. The standard InChI is InChI=1S/C20H26N3S.ClH/c1-14-10-9-11-15(2)17(14)23-18(21-20(3,4)5)16-12-7-8-13-22(16)19(23)24-6;/h7-13,21H,1-6H3;1H/q+1;/p-1. The maximum absolute atomic E-state index is 3.73. The molecule has 0 unspecified atom stereocenters. The minimum absolute atomic E-state index is 0. The van der Waals surface area contributed by atoms with Crippen LogP contribution in [-0.2, 0) is 0 Å². The molecule has 3 nitrogen and oxygen atoms in total. The highest BCUT2D eigenvalue weighted by atomic mass is 35.5. The van der Waals surface area contributed by atoms with Gasteiger partial charge in [-0.25, -0.2) is 4.40 Å². The number of imidazole rings is 1. The minimum atomic E-state index is -0.0221. The molecule has 134 valence electrons. The number of thioether (sulfide) groups is 1. The van der Waals surface area contributed by atoms with Crippen LogP contribution in [0.2, 0.25) is 0 Å². The van der Waals surface area contributed by atoms with Crippen LogP contribution < -0.4 is 22.3 Å². The van der Waals surface area contributed by atoms with E-state index in [9.17, 15) is 0 Å². The molecule has 0 radical (unpaired) electrons. The smallest absolute Gasteiger partial charge is 0.274 e. The molecule has 3 aromatic rings. The van der Waals surface area contributed by atoms with Crippen molar-refractivity contribution in [1.29, 1.82) is 0 Å². The molecule has 0 bridgehead atoms. The molecule has 0 aliphatic carbocycles. The molecule has 0 amide bonds. The predicted molar refractivity (Wildman–Crippen MR) is 104 cm³/mol. The molecule has 1 aromatic carbocycles. The number of benzene rings is 1. The summed E-state index contributed by atoms with van der Waals surface area (Å²) in [6.07, 6.45) is 4.28. The van der Waals surface area contributed by atoms with E-state index in [0.717, 1.165) is 5.82 Å². The minimum Gasteiger partial charge on any atom is -1.00 e. The lowest BCUT2D eigenvalue weighted by atomic mass is 10.1. The maximum Gasteiger partial charge on any atom is 0.274 e. The molecule has 5 heteroatoms. The van der Waals surface area contributed by atoms with Gasteiger partial charge in [0, 0.05) is 0 Å². The Bertz CT molecular complexity index is 874. The summed E-state index contributed by atoms with van der Waals surface area (Å²) >= 11 is 1.77. The van der Waals surface area contributed by atoms with Crippen molar-refractivity contribution in [2.45, 2.75) is 45.3 Å². The van der Waals surface area contributed by atoms with E-state index >= 15 is 0 Å². The van der Waals surface area contributed by atoms with Crippen molar-refractivity contribution in [3.8, 4) is 5.69 Å². The molecule has 0 spiro atoms. The molecule has 3 rings (SSSR count). The van der Waals surface area contributed by atoms with Crippen molar-refractivity contribution in [1.82, 2.24) is 4.40 Å². The molecule has 0 fully saturated rings. The van der Waals surface area contributed by atoms with E-state index in [-0.39, 0.29) is 17.9 Å². The lowest BCUT2D eigenvalue weighted by Crippen LogP contribution is -3.00. The zero-order valence-electron chi connectivity index (χ0n) is 15.7. The number of hydrogen-bond acceptors (Lipinski definition) is 2. The van der Waals surface area contributed by atoms with Crippen molar-refractivity contribution in [2.75, 3.05) is 11.6 Å². The number of nitrogens with zero attached hydrogens (tertiary/aromatic N) is 2. The van der Waals surface area contributed by atoms with Crippen LogP contribution in [0, 0.1) is 13.8 Å². The second kappa shape index (κ2) is 7.30. The number of aryl methyl sites for hydroxylation is 2. The van der Waals surface area contributed by atoms with Gasteiger partial charge in [0.15, 0.2) is 5.52 Å². The van der Waals surface area contributed by atoms with Gasteiger partial charge >= 0.3 is 0 Å². The van der Waals surface area contributed by atoms with Gasteiger partial charge in [-0.3, -0.25) is 5.32 Å². The van der Waals surface area contributed by atoms with Gasteiger partial charge < -0.3 is 12.4 Å². The molecule has 1 N–H and O–H groups in total. The Balaban J connectivity index is 0.00000225. The summed E-state index contributed by atoms with van der Waals surface area (Å²) in [4.78, 5) is 0. The van der Waals surface area contributed by atoms with Crippen molar-refractivity contribution in [3.63, 3.8) is 0 Å². The largest absolute Gasteiger partial charge is 1.00 e. The quantitative estimate of drug-likeness (QED) is 0.556. The van der Waals surface area contributed by atoms with Crippen LogP contribution in [0.5, 0.6) is 0 Å². The fourth-order valence-corrected chi connectivity index (χ4v) is 3.87. The van der Waals surface area contributed by atoms with Crippen LogP contribution in [0.25, 0.3) is 11.2 Å². The van der Waals surface area contributed by atoms with Crippen LogP contribution in [-0.4, -0.2) is 16.2 Å². The molecule has 0 aliphatic rings. The van der Waals surface area contributed by atoms with E-state index in [1.165, 1.54) is 27.5 Å². The fourth-order valence-electron chi connectivity index (χ4n) is 3.15. The molecule has 0 saturated heterocycles. The van der Waals surface area contributed by atoms with Crippen molar-refractivity contribution < 1.29 is 17.0 Å². The third-order valence-electron chi connectivity index (χ3n) is 4.06. The van der Waals surface area contributed by atoms with Gasteiger partial charge in [0.2, 0.25) is 0 Å². The number of anilines is 1. The predicted octanol–water partition coefficient (Wildman–Crippen LogP) is 1.77. The summed E-state index contributed by atoms with van der Waals surface area (Å²) < 4.78 is 4.64. The monoisotopic (exact) mass is 375 g/mol. The number of halogens is 1. The lowest BCUT2D eigenvalue weighted by molar-refractivity contribution is -0.622. The Morgan fingerprint density at radius 1 is 1.00 bits per heavy atom. The van der Waals surface area contributed by atoms with E-state index in [2.05, 4.69) is 97.8 Å². The number of hydrogen-bond donors (Lipinski definition) is 1. The second-order valence-corrected chi connectivity index (χ2v) is 8.02. The summed E-state index contributed by atoms with van der Waals surface area (Å²) in [6.45, 7) is 11.0. The second-order valence-electron chi connectivity index (χ2n) is 7.24. The zero-order chi connectivity index (χ0) is 17.5. The first-order chi connectivity index (χ1) is 11.3. The number of para-hydroxylation sites is 1. The van der Waals surface area contributed by atoms with Crippen molar-refractivity contribution in [3.05, 3.63) is 53.7 Å². The first-order valence-electron chi connectivity index (χ1n) is 8.27. The fraction of sp³-hybridized carbons (Fsp3) is 0.350. The van der Waals surface area contributed by atoms with E-state index < -0.39 is 0 Å². The number of fused-ring (bicyclic) bond motifs is 1. The summed E-state index contributed by atoms with van der Waals surface area (Å²) in [5.41, 5.74) is 4.99. The Morgan fingerprint density at radius 2 is 1.64 bits per heavy atom. The zero-order valence-corrected chi connectivity index (χ0v) is 17.3. The summed E-state index contributed by atoms with van der Waals surface area (Å²) in [5.74, 6) is 1.14. The lowest BCUT2D eigenvalue weighted by Gasteiger charge is -2.19. The van der Waals surface area contributed by atoms with Gasteiger partial charge in [-0.2, -0.15) is 4.57 Å². The Kier molecular flexibility index (Phi) is 5.75. The van der Waals surface area contributed by atoms with Gasteiger partial charge in [-0.15, -0.1) is 0 Å². The van der Waals surface area contributed by atoms with Crippen molar-refractivity contribution >= 4 is 23.1 Å². The average molecular weight is 376 g/mol. The van der Waals surface area contributed by atoms with Crippen LogP contribution in [0.4, 0.5) is 5.82 Å². The third-order valence-corrected chi connectivity index (χ3v) is 4.81. The first-order valence-corrected chi connectivity index (χ1v) is 9.50. The average Bonchev–Trinajstić information content (AvgIpc) is 2.79. The van der Waals surface area contributed by atoms with Crippen LogP contribution in [0.3, 0.4) is 0 Å². The highest BCUT2D eigenvalue weighted by Gasteiger charge is 2.29. The topological polar surface area (TPSA) is 20.3 Å². The van der Waals surface area contributed by atoms with Gasteiger partial charge in [0.25, 0.3) is 11.0 Å². The van der Waals surface area contributed by atoms with Crippen LogP contribution in [0.15, 0.2) is 47.8 Å². The number of rotatable bonds is 3. The number of aromatic nitrogens is 2. The summed E-state index contributed by atoms with van der Waals surface area (Å²) in [7, 11) is 0. The van der Waals surface area contributed by atoms with E-state index in [1.807, 2.05) is 0 Å². The number of nitrogens with one attached hydrogen (secondary N) is 1. The van der Waals surface area contributed by atoms with Crippen molar-refractivity contribution in [2.24, 2.45) is 0 Å². The third kappa shape index (κ3) is 3.65. The van der Waals surface area contributed by atoms with Gasteiger partial charge in [0.05, 0.1) is 11.7 Å². The normalized spacial score (nSPS) is 11.4. The number of pyridine rings is 1. The van der Waals surface area contributed by atoms with Crippen LogP contribution in [0.1, 0.15) is 31.9 Å². The molecule has 25 heavy (non-hydrogen) atoms. The summed E-state index contributed by atoms with van der Waals surface area (Å²) in [5, 5.41) is 4.93. The molecule has 2 heterocycles. The highest BCUT2D eigenvalue weighted by molar-refractivity contribution is 7.98. The molecule has 0 saturated carbocycles. The SMILES string of the molecule is CSc1n2ccccc2c(NC(C)(C)C)[n+]1-c1c(C)cccc1C.[Cl-]. The Labute approximate surface area is 160 Å². The molecule has 2 aromatic heterocycles. The Morgan fingerprint density at radius 3 is 2.20 bits per heavy atom. The van der Waals surface area contributed by atoms with E-state index in [4.69, 9.17) is 0 Å². The highest BCUT2D eigenvalue weighted by Crippen LogP contribution is 2.28. The van der Waals surface area contributed by atoms with Gasteiger partial charge in [-0.05, 0) is 64.1 Å². The molecule has 0 aliphatic heterocycles.